The van der Waals surface area contributed by atoms with Gasteiger partial charge in [-0.3, -0.25) is 0 Å². The molecule has 0 aliphatic rings. The molecule has 1 aromatic carbocycles. The van der Waals surface area contributed by atoms with Crippen molar-refractivity contribution in [2.45, 2.75) is 25.3 Å². The molecule has 0 heterocycles. The second-order valence-corrected chi connectivity index (χ2v) is 7.48. The van der Waals surface area contributed by atoms with Crippen molar-refractivity contribution in [3.05, 3.63) is 28.2 Å². The van der Waals surface area contributed by atoms with Crippen LogP contribution in [-0.2, 0) is 6.54 Å². The highest BCUT2D eigenvalue weighted by Gasteiger charge is 2.05. The highest BCUT2D eigenvalue weighted by molar-refractivity contribution is 9.10. The minimum absolute atomic E-state index is 0.692. The predicted molar refractivity (Wildman–Crippen MR) is 90.0 cm³/mol. The maximum absolute atomic E-state index is 3.56. The SMILES string of the molecule is CC(C)CNCc1cc(Br)ccc1SCCN(C)C. The summed E-state index contributed by atoms with van der Waals surface area (Å²) in [5.74, 6) is 1.82. The zero-order valence-corrected chi connectivity index (χ0v) is 14.8. The first-order valence-electron chi connectivity index (χ1n) is 6.75. The summed E-state index contributed by atoms with van der Waals surface area (Å²) in [6, 6.07) is 6.58. The molecule has 108 valence electrons. The average Bonchev–Trinajstić information content (AvgIpc) is 2.31. The van der Waals surface area contributed by atoms with Gasteiger partial charge in [0.25, 0.3) is 0 Å². The van der Waals surface area contributed by atoms with Crippen LogP contribution in [0.4, 0.5) is 0 Å². The molecule has 0 aromatic heterocycles. The first-order chi connectivity index (χ1) is 8.99. The Bertz CT molecular complexity index is 380. The second kappa shape index (κ2) is 9.01. The molecule has 0 bridgehead atoms. The van der Waals surface area contributed by atoms with Gasteiger partial charge >= 0.3 is 0 Å². The maximum atomic E-state index is 3.56. The molecule has 2 nitrogen and oxygen atoms in total. The molecular weight excluding hydrogens is 320 g/mol. The molecule has 0 atom stereocenters. The number of rotatable bonds is 8. The number of halogens is 1. The number of nitrogens with one attached hydrogen (secondary N) is 1. The molecule has 1 N–H and O–H groups in total. The van der Waals surface area contributed by atoms with E-state index in [-0.39, 0.29) is 0 Å². The van der Waals surface area contributed by atoms with Crippen LogP contribution in [0.1, 0.15) is 19.4 Å². The summed E-state index contributed by atoms with van der Waals surface area (Å²) in [7, 11) is 4.24. The molecule has 0 amide bonds. The largest absolute Gasteiger partial charge is 0.312 e. The van der Waals surface area contributed by atoms with Gasteiger partial charge < -0.3 is 10.2 Å². The summed E-state index contributed by atoms with van der Waals surface area (Å²) in [5.41, 5.74) is 1.39. The molecule has 1 rings (SSSR count). The monoisotopic (exact) mass is 344 g/mol. The number of hydrogen-bond acceptors (Lipinski definition) is 3. The van der Waals surface area contributed by atoms with Crippen molar-refractivity contribution >= 4 is 27.7 Å². The van der Waals surface area contributed by atoms with Crippen molar-refractivity contribution in [2.75, 3.05) is 32.9 Å². The molecule has 0 radical (unpaired) electrons. The minimum atomic E-state index is 0.692. The molecule has 4 heteroatoms. The quantitative estimate of drug-likeness (QED) is 0.721. The molecule has 0 aliphatic heterocycles. The fraction of sp³-hybridized carbons (Fsp3) is 0.600. The molecule has 0 saturated carbocycles. The van der Waals surface area contributed by atoms with Crippen molar-refractivity contribution < 1.29 is 0 Å². The van der Waals surface area contributed by atoms with Gasteiger partial charge in [0.15, 0.2) is 0 Å². The van der Waals surface area contributed by atoms with E-state index in [0.29, 0.717) is 5.92 Å². The lowest BCUT2D eigenvalue weighted by Gasteiger charge is -2.13. The van der Waals surface area contributed by atoms with Crippen LogP contribution in [0.2, 0.25) is 0 Å². The molecule has 0 aliphatic carbocycles. The average molecular weight is 345 g/mol. The van der Waals surface area contributed by atoms with E-state index in [1.165, 1.54) is 10.5 Å². The number of benzene rings is 1. The van der Waals surface area contributed by atoms with E-state index >= 15 is 0 Å². The Hall–Kier alpha value is -0.0300. The van der Waals surface area contributed by atoms with Gasteiger partial charge in [0.05, 0.1) is 0 Å². The highest BCUT2D eigenvalue weighted by Crippen LogP contribution is 2.26. The first kappa shape index (κ1) is 17.0. The third-order valence-corrected chi connectivity index (χ3v) is 4.28. The molecule has 0 saturated heterocycles. The van der Waals surface area contributed by atoms with E-state index in [0.717, 1.165) is 29.9 Å². The van der Waals surface area contributed by atoms with Crippen molar-refractivity contribution in [2.24, 2.45) is 5.92 Å². The van der Waals surface area contributed by atoms with Crippen molar-refractivity contribution in [1.29, 1.82) is 0 Å². The summed E-state index contributed by atoms with van der Waals surface area (Å²) < 4.78 is 1.16. The van der Waals surface area contributed by atoms with Gasteiger partial charge in [-0.25, -0.2) is 0 Å². The Morgan fingerprint density at radius 3 is 2.68 bits per heavy atom. The van der Waals surface area contributed by atoms with E-state index in [4.69, 9.17) is 0 Å². The number of nitrogens with zero attached hydrogens (tertiary/aromatic N) is 1. The van der Waals surface area contributed by atoms with Crippen LogP contribution >= 0.6 is 27.7 Å². The summed E-state index contributed by atoms with van der Waals surface area (Å²) in [5, 5.41) is 3.52. The Balaban J connectivity index is 2.58. The van der Waals surface area contributed by atoms with Crippen LogP contribution in [0, 0.1) is 5.92 Å². The van der Waals surface area contributed by atoms with Crippen molar-refractivity contribution in [3.63, 3.8) is 0 Å². The minimum Gasteiger partial charge on any atom is -0.312 e. The van der Waals surface area contributed by atoms with Crippen LogP contribution in [0.3, 0.4) is 0 Å². The highest BCUT2D eigenvalue weighted by atomic mass is 79.9. The normalized spacial score (nSPS) is 11.5. The molecule has 19 heavy (non-hydrogen) atoms. The van der Waals surface area contributed by atoms with Crippen LogP contribution in [0.25, 0.3) is 0 Å². The number of thioether (sulfide) groups is 1. The fourth-order valence-corrected chi connectivity index (χ4v) is 3.23. The molecule has 0 fully saturated rings. The number of hydrogen-bond donors (Lipinski definition) is 1. The van der Waals surface area contributed by atoms with Gasteiger partial charge in [-0.15, -0.1) is 11.8 Å². The van der Waals surface area contributed by atoms with E-state index in [9.17, 15) is 0 Å². The lowest BCUT2D eigenvalue weighted by Crippen LogP contribution is -2.19. The topological polar surface area (TPSA) is 15.3 Å². The van der Waals surface area contributed by atoms with Crippen LogP contribution in [0.15, 0.2) is 27.6 Å². The van der Waals surface area contributed by atoms with Gasteiger partial charge in [-0.1, -0.05) is 29.8 Å². The predicted octanol–water partition coefficient (Wildman–Crippen LogP) is 3.85. The van der Waals surface area contributed by atoms with Crippen LogP contribution in [-0.4, -0.2) is 37.8 Å². The lowest BCUT2D eigenvalue weighted by molar-refractivity contribution is 0.437. The lowest BCUT2D eigenvalue weighted by atomic mass is 10.2. The van der Waals surface area contributed by atoms with Crippen molar-refractivity contribution in [3.8, 4) is 0 Å². The van der Waals surface area contributed by atoms with Gasteiger partial charge in [0.2, 0.25) is 0 Å². The summed E-state index contributed by atoms with van der Waals surface area (Å²) in [6.07, 6.45) is 0. The van der Waals surface area contributed by atoms with Gasteiger partial charge in [-0.05, 0) is 50.3 Å². The molecule has 1 aromatic rings. The first-order valence-corrected chi connectivity index (χ1v) is 8.53. The van der Waals surface area contributed by atoms with Gasteiger partial charge in [0, 0.05) is 28.2 Å². The molecule has 0 spiro atoms. The standard InChI is InChI=1S/C15H25BrN2S/c1-12(2)10-17-11-13-9-14(16)5-6-15(13)19-8-7-18(3)4/h5-6,9,12,17H,7-8,10-11H2,1-4H3. The Morgan fingerprint density at radius 1 is 1.32 bits per heavy atom. The Kier molecular flexibility index (Phi) is 8.07. The van der Waals surface area contributed by atoms with E-state index in [1.807, 2.05) is 11.8 Å². The summed E-state index contributed by atoms with van der Waals surface area (Å²) >= 11 is 5.50. The summed E-state index contributed by atoms with van der Waals surface area (Å²) in [4.78, 5) is 3.61. The van der Waals surface area contributed by atoms with Crippen molar-refractivity contribution in [1.82, 2.24) is 10.2 Å². The zero-order valence-electron chi connectivity index (χ0n) is 12.4. The van der Waals surface area contributed by atoms with Crippen LogP contribution < -0.4 is 5.32 Å². The van der Waals surface area contributed by atoms with Crippen LogP contribution in [0.5, 0.6) is 0 Å². The second-order valence-electron chi connectivity index (χ2n) is 5.43. The van der Waals surface area contributed by atoms with E-state index < -0.39 is 0 Å². The van der Waals surface area contributed by atoms with Gasteiger partial charge in [-0.2, -0.15) is 0 Å². The molecule has 0 unspecified atom stereocenters. The van der Waals surface area contributed by atoms with E-state index in [2.05, 4.69) is 72.3 Å². The third kappa shape index (κ3) is 7.35. The summed E-state index contributed by atoms with van der Waals surface area (Å²) in [6.45, 7) is 7.59. The van der Waals surface area contributed by atoms with Gasteiger partial charge in [0.1, 0.15) is 0 Å². The Labute approximate surface area is 130 Å². The third-order valence-electron chi connectivity index (χ3n) is 2.69. The smallest absolute Gasteiger partial charge is 0.0217 e. The zero-order chi connectivity index (χ0) is 14.3. The fourth-order valence-electron chi connectivity index (χ4n) is 1.66. The van der Waals surface area contributed by atoms with E-state index in [1.54, 1.807) is 0 Å². The Morgan fingerprint density at radius 2 is 2.05 bits per heavy atom. The maximum Gasteiger partial charge on any atom is 0.0217 e. The molecular formula is C15H25BrN2S.